The molecule has 2 N–H and O–H groups in total. The summed E-state index contributed by atoms with van der Waals surface area (Å²) in [5.41, 5.74) is 6.06. The first-order valence-electron chi connectivity index (χ1n) is 6.04. The third kappa shape index (κ3) is 2.43. The topological polar surface area (TPSA) is 26.0 Å². The van der Waals surface area contributed by atoms with Gasteiger partial charge in [-0.2, -0.15) is 0 Å². The molecular formula is C13H21NS. The van der Waals surface area contributed by atoms with Crippen molar-refractivity contribution in [2.45, 2.75) is 45.6 Å². The highest BCUT2D eigenvalue weighted by Gasteiger charge is 2.30. The van der Waals surface area contributed by atoms with Crippen LogP contribution >= 0.6 is 11.3 Å². The van der Waals surface area contributed by atoms with Crippen molar-refractivity contribution in [3.63, 3.8) is 0 Å². The standard InChI is InChI=1S/C13H21NS/c1-3-11-5-6-12(15-11)8-10-4-7-13(14)9(10)2/h5-6,9-10,13H,3-4,7-8,14H2,1-2H3. The largest absolute Gasteiger partial charge is 0.327 e. The molecule has 1 aliphatic rings. The van der Waals surface area contributed by atoms with Crippen LogP contribution in [0.4, 0.5) is 0 Å². The summed E-state index contributed by atoms with van der Waals surface area (Å²) in [6.07, 6.45) is 4.96. The number of hydrogen-bond donors (Lipinski definition) is 1. The number of hydrogen-bond acceptors (Lipinski definition) is 2. The van der Waals surface area contributed by atoms with Gasteiger partial charge in [-0.3, -0.25) is 0 Å². The van der Waals surface area contributed by atoms with E-state index in [0.717, 1.165) is 5.92 Å². The Kier molecular flexibility index (Phi) is 3.47. The summed E-state index contributed by atoms with van der Waals surface area (Å²) in [5.74, 6) is 1.53. The maximum Gasteiger partial charge on any atom is 0.00673 e. The highest BCUT2D eigenvalue weighted by atomic mass is 32.1. The predicted molar refractivity (Wildman–Crippen MR) is 67.3 cm³/mol. The van der Waals surface area contributed by atoms with E-state index in [0.29, 0.717) is 12.0 Å². The van der Waals surface area contributed by atoms with Crippen LogP contribution in [0, 0.1) is 11.8 Å². The minimum atomic E-state index is 0.445. The van der Waals surface area contributed by atoms with Crippen molar-refractivity contribution in [2.75, 3.05) is 0 Å². The van der Waals surface area contributed by atoms with E-state index in [1.165, 1.54) is 30.6 Å². The van der Waals surface area contributed by atoms with Crippen LogP contribution < -0.4 is 5.73 Å². The fourth-order valence-corrected chi connectivity index (χ4v) is 3.60. The molecule has 1 saturated carbocycles. The lowest BCUT2D eigenvalue weighted by Crippen LogP contribution is -2.25. The first-order valence-corrected chi connectivity index (χ1v) is 6.85. The van der Waals surface area contributed by atoms with Crippen LogP contribution in [-0.4, -0.2) is 6.04 Å². The van der Waals surface area contributed by atoms with Crippen LogP contribution in [0.2, 0.25) is 0 Å². The summed E-state index contributed by atoms with van der Waals surface area (Å²) in [5, 5.41) is 0. The Morgan fingerprint density at radius 1 is 1.33 bits per heavy atom. The van der Waals surface area contributed by atoms with Gasteiger partial charge < -0.3 is 5.73 Å². The molecule has 1 aromatic rings. The lowest BCUT2D eigenvalue weighted by atomic mass is 9.92. The van der Waals surface area contributed by atoms with E-state index in [2.05, 4.69) is 26.0 Å². The second kappa shape index (κ2) is 4.67. The van der Waals surface area contributed by atoms with Gasteiger partial charge in [0, 0.05) is 15.8 Å². The summed E-state index contributed by atoms with van der Waals surface area (Å²) in [6.45, 7) is 4.54. The minimum absolute atomic E-state index is 0.445. The Morgan fingerprint density at radius 3 is 2.60 bits per heavy atom. The van der Waals surface area contributed by atoms with Gasteiger partial charge in [0.25, 0.3) is 0 Å². The molecule has 2 heteroatoms. The van der Waals surface area contributed by atoms with Gasteiger partial charge in [-0.15, -0.1) is 11.3 Å². The first kappa shape index (κ1) is 11.2. The van der Waals surface area contributed by atoms with E-state index in [-0.39, 0.29) is 0 Å². The number of rotatable bonds is 3. The van der Waals surface area contributed by atoms with E-state index < -0.39 is 0 Å². The molecule has 0 aromatic carbocycles. The lowest BCUT2D eigenvalue weighted by Gasteiger charge is -2.16. The molecule has 84 valence electrons. The molecule has 0 bridgehead atoms. The van der Waals surface area contributed by atoms with Gasteiger partial charge in [0.05, 0.1) is 0 Å². The molecule has 15 heavy (non-hydrogen) atoms. The van der Waals surface area contributed by atoms with Gasteiger partial charge in [0.15, 0.2) is 0 Å². The van der Waals surface area contributed by atoms with Crippen molar-refractivity contribution in [3.8, 4) is 0 Å². The third-order valence-corrected chi connectivity index (χ3v) is 5.07. The van der Waals surface area contributed by atoms with E-state index in [1.807, 2.05) is 11.3 Å². The average Bonchev–Trinajstić information content (AvgIpc) is 2.80. The van der Waals surface area contributed by atoms with Gasteiger partial charge in [-0.1, -0.05) is 13.8 Å². The molecule has 1 fully saturated rings. The molecular weight excluding hydrogens is 202 g/mol. The van der Waals surface area contributed by atoms with E-state index in [1.54, 1.807) is 4.88 Å². The van der Waals surface area contributed by atoms with Gasteiger partial charge in [0.1, 0.15) is 0 Å². The molecule has 1 nitrogen and oxygen atoms in total. The second-order valence-electron chi connectivity index (χ2n) is 4.79. The third-order valence-electron chi connectivity index (χ3n) is 3.82. The summed E-state index contributed by atoms with van der Waals surface area (Å²) in [4.78, 5) is 3.07. The monoisotopic (exact) mass is 223 g/mol. The smallest absolute Gasteiger partial charge is 0.00673 e. The van der Waals surface area contributed by atoms with Crippen LogP contribution in [0.3, 0.4) is 0 Å². The average molecular weight is 223 g/mol. The predicted octanol–water partition coefficient (Wildman–Crippen LogP) is 3.23. The maximum absolute atomic E-state index is 6.06. The van der Waals surface area contributed by atoms with Crippen molar-refractivity contribution in [1.29, 1.82) is 0 Å². The molecule has 3 unspecified atom stereocenters. The Hall–Kier alpha value is -0.340. The zero-order valence-electron chi connectivity index (χ0n) is 9.70. The van der Waals surface area contributed by atoms with Crippen molar-refractivity contribution >= 4 is 11.3 Å². The normalized spacial score (nSPS) is 31.0. The molecule has 0 aliphatic heterocycles. The quantitative estimate of drug-likeness (QED) is 0.836. The number of nitrogens with two attached hydrogens (primary N) is 1. The van der Waals surface area contributed by atoms with E-state index >= 15 is 0 Å². The van der Waals surface area contributed by atoms with Crippen LogP contribution in [0.25, 0.3) is 0 Å². The van der Waals surface area contributed by atoms with Crippen LogP contribution in [0.1, 0.15) is 36.4 Å². The van der Waals surface area contributed by atoms with E-state index in [9.17, 15) is 0 Å². The molecule has 0 spiro atoms. The maximum atomic E-state index is 6.06. The van der Waals surface area contributed by atoms with Gasteiger partial charge in [-0.25, -0.2) is 0 Å². The lowest BCUT2D eigenvalue weighted by molar-refractivity contribution is 0.392. The van der Waals surface area contributed by atoms with Crippen molar-refractivity contribution in [1.82, 2.24) is 0 Å². The highest BCUT2D eigenvalue weighted by molar-refractivity contribution is 7.11. The zero-order chi connectivity index (χ0) is 10.8. The molecule has 0 saturated heterocycles. The molecule has 3 atom stereocenters. The van der Waals surface area contributed by atoms with Crippen molar-refractivity contribution < 1.29 is 0 Å². The van der Waals surface area contributed by atoms with E-state index in [4.69, 9.17) is 5.73 Å². The fourth-order valence-electron chi connectivity index (χ4n) is 2.55. The molecule has 2 rings (SSSR count). The van der Waals surface area contributed by atoms with Crippen molar-refractivity contribution in [2.24, 2.45) is 17.6 Å². The van der Waals surface area contributed by atoms with Crippen molar-refractivity contribution in [3.05, 3.63) is 21.9 Å². The van der Waals surface area contributed by atoms with Gasteiger partial charge >= 0.3 is 0 Å². The fraction of sp³-hybridized carbons (Fsp3) is 0.692. The summed E-state index contributed by atoms with van der Waals surface area (Å²) in [6, 6.07) is 5.03. The summed E-state index contributed by atoms with van der Waals surface area (Å²) < 4.78 is 0. The second-order valence-corrected chi connectivity index (χ2v) is 6.04. The Morgan fingerprint density at radius 2 is 2.07 bits per heavy atom. The minimum Gasteiger partial charge on any atom is -0.327 e. The Labute approximate surface area is 96.7 Å². The highest BCUT2D eigenvalue weighted by Crippen LogP contribution is 2.34. The van der Waals surface area contributed by atoms with Crippen LogP contribution in [-0.2, 0) is 12.8 Å². The number of aryl methyl sites for hydroxylation is 1. The van der Waals surface area contributed by atoms with Gasteiger partial charge in [-0.05, 0) is 49.7 Å². The molecule has 0 radical (unpaired) electrons. The summed E-state index contributed by atoms with van der Waals surface area (Å²) in [7, 11) is 0. The first-order chi connectivity index (χ1) is 7.20. The molecule has 0 amide bonds. The van der Waals surface area contributed by atoms with Gasteiger partial charge in [0.2, 0.25) is 0 Å². The zero-order valence-corrected chi connectivity index (χ0v) is 10.5. The Bertz CT molecular complexity index is 318. The SMILES string of the molecule is CCc1ccc(CC2CCC(N)C2C)s1. The molecule has 1 heterocycles. The Balaban J connectivity index is 1.97. The molecule has 1 aromatic heterocycles. The van der Waals surface area contributed by atoms with Crippen LogP contribution in [0.5, 0.6) is 0 Å². The number of thiophene rings is 1. The van der Waals surface area contributed by atoms with Crippen LogP contribution in [0.15, 0.2) is 12.1 Å². The molecule has 1 aliphatic carbocycles. The summed E-state index contributed by atoms with van der Waals surface area (Å²) >= 11 is 1.98.